The summed E-state index contributed by atoms with van der Waals surface area (Å²) >= 11 is 0. The van der Waals surface area contributed by atoms with Crippen LogP contribution in [0.4, 0.5) is 33.3 Å². The molecule has 0 amide bonds. The molecule has 0 atom stereocenters. The van der Waals surface area contributed by atoms with Crippen molar-refractivity contribution in [3.63, 3.8) is 0 Å². The highest BCUT2D eigenvalue weighted by Crippen LogP contribution is 2.46. The van der Waals surface area contributed by atoms with Crippen LogP contribution in [-0.4, -0.2) is 6.54 Å². The molecule has 0 bridgehead atoms. The lowest BCUT2D eigenvalue weighted by Crippen LogP contribution is -2.15. The van der Waals surface area contributed by atoms with Crippen molar-refractivity contribution < 1.29 is 22.0 Å². The summed E-state index contributed by atoms with van der Waals surface area (Å²) in [6.45, 7) is -0.790. The predicted molar refractivity (Wildman–Crippen MR) is 49.3 cm³/mol. The van der Waals surface area contributed by atoms with Gasteiger partial charge in [-0.05, 0) is 17.3 Å². The second-order valence-electron chi connectivity index (χ2n) is 3.56. The number of rotatable bonds is 1. The summed E-state index contributed by atoms with van der Waals surface area (Å²) in [4.78, 5) is 10.3. The van der Waals surface area contributed by atoms with Crippen LogP contribution in [0.3, 0.4) is 0 Å². The molecular formula is C9H5F5N2O. The maximum atomic E-state index is 13.2. The van der Waals surface area contributed by atoms with E-state index in [-0.39, 0.29) is 5.69 Å². The van der Waals surface area contributed by atoms with E-state index >= 15 is 0 Å². The Morgan fingerprint density at radius 2 is 1.94 bits per heavy atom. The summed E-state index contributed by atoms with van der Waals surface area (Å²) in [6.07, 6.45) is -4.81. The molecular weight excluding hydrogens is 247 g/mol. The Balaban J connectivity index is 2.64. The van der Waals surface area contributed by atoms with E-state index in [1.54, 1.807) is 0 Å². The van der Waals surface area contributed by atoms with E-state index in [1.165, 1.54) is 0 Å². The highest BCUT2D eigenvalue weighted by molar-refractivity contribution is 5.67. The van der Waals surface area contributed by atoms with Crippen LogP contribution >= 0.6 is 0 Å². The van der Waals surface area contributed by atoms with Crippen molar-refractivity contribution in [2.75, 3.05) is 11.9 Å². The van der Waals surface area contributed by atoms with Gasteiger partial charge in [0.1, 0.15) is 5.69 Å². The van der Waals surface area contributed by atoms with Gasteiger partial charge in [-0.3, -0.25) is 0 Å². The van der Waals surface area contributed by atoms with Gasteiger partial charge in [0.15, 0.2) is 0 Å². The van der Waals surface area contributed by atoms with Gasteiger partial charge in [0.2, 0.25) is 0 Å². The number of nitrogens with zero attached hydrogens (tertiary/aromatic N) is 1. The fourth-order valence-corrected chi connectivity index (χ4v) is 1.64. The van der Waals surface area contributed by atoms with E-state index < -0.39 is 35.5 Å². The second kappa shape index (κ2) is 3.38. The van der Waals surface area contributed by atoms with Gasteiger partial charge in [-0.1, -0.05) is 0 Å². The van der Waals surface area contributed by atoms with Gasteiger partial charge in [0.25, 0.3) is 5.92 Å². The molecule has 0 saturated carbocycles. The third-order valence-corrected chi connectivity index (χ3v) is 2.43. The molecule has 0 aromatic heterocycles. The fraction of sp³-hybridized carbons (Fsp3) is 0.333. The number of nitrogens with one attached hydrogen (secondary N) is 1. The van der Waals surface area contributed by atoms with Crippen LogP contribution in [0.2, 0.25) is 0 Å². The standard InChI is InChI=1S/C9H5F5N2O/c10-8(11)3-15-6-2-5(9(12,13)14)7(16-17)1-4(6)8/h1-2,15H,3H2. The first kappa shape index (κ1) is 11.7. The summed E-state index contributed by atoms with van der Waals surface area (Å²) in [5.74, 6) is -3.29. The van der Waals surface area contributed by atoms with Crippen molar-refractivity contribution in [3.8, 4) is 0 Å². The molecule has 0 fully saturated rings. The quantitative estimate of drug-likeness (QED) is 0.612. The van der Waals surface area contributed by atoms with E-state index in [2.05, 4.69) is 10.5 Å². The van der Waals surface area contributed by atoms with Crippen LogP contribution in [0.25, 0.3) is 0 Å². The Labute approximate surface area is 91.6 Å². The van der Waals surface area contributed by atoms with Gasteiger partial charge in [0, 0.05) is 11.3 Å². The number of alkyl halides is 5. The minimum Gasteiger partial charge on any atom is -0.378 e. The molecule has 2 rings (SSSR count). The van der Waals surface area contributed by atoms with Crippen molar-refractivity contribution >= 4 is 11.4 Å². The fourth-order valence-electron chi connectivity index (χ4n) is 1.64. The zero-order chi connectivity index (χ0) is 12.8. The molecule has 1 N–H and O–H groups in total. The molecule has 1 heterocycles. The number of fused-ring (bicyclic) bond motifs is 1. The predicted octanol–water partition coefficient (Wildman–Crippen LogP) is 3.62. The van der Waals surface area contributed by atoms with E-state index in [0.29, 0.717) is 12.1 Å². The SMILES string of the molecule is O=Nc1cc2c(cc1C(F)(F)F)NCC2(F)F. The molecule has 0 aliphatic carbocycles. The monoisotopic (exact) mass is 252 g/mol. The Bertz CT molecular complexity index is 483. The smallest absolute Gasteiger partial charge is 0.378 e. The molecule has 1 aromatic rings. The van der Waals surface area contributed by atoms with Gasteiger partial charge in [-0.25, -0.2) is 0 Å². The first-order valence-electron chi connectivity index (χ1n) is 4.46. The van der Waals surface area contributed by atoms with Crippen molar-refractivity contribution in [2.24, 2.45) is 5.18 Å². The zero-order valence-corrected chi connectivity index (χ0v) is 8.11. The highest BCUT2D eigenvalue weighted by atomic mass is 19.4. The number of halogens is 5. The first-order chi connectivity index (χ1) is 7.75. The van der Waals surface area contributed by atoms with E-state index in [9.17, 15) is 26.9 Å². The van der Waals surface area contributed by atoms with Crippen molar-refractivity contribution in [2.45, 2.75) is 12.1 Å². The van der Waals surface area contributed by atoms with E-state index in [0.717, 1.165) is 0 Å². The highest BCUT2D eigenvalue weighted by Gasteiger charge is 2.43. The normalized spacial score (nSPS) is 17.5. The van der Waals surface area contributed by atoms with Crippen LogP contribution in [0, 0.1) is 4.91 Å². The molecule has 92 valence electrons. The molecule has 3 nitrogen and oxygen atoms in total. The molecule has 0 unspecified atom stereocenters. The third kappa shape index (κ3) is 1.83. The minimum atomic E-state index is -4.81. The van der Waals surface area contributed by atoms with Crippen LogP contribution < -0.4 is 5.32 Å². The van der Waals surface area contributed by atoms with E-state index in [4.69, 9.17) is 0 Å². The topological polar surface area (TPSA) is 41.5 Å². The molecule has 8 heteroatoms. The second-order valence-corrected chi connectivity index (χ2v) is 3.56. The number of benzene rings is 1. The molecule has 0 spiro atoms. The minimum absolute atomic E-state index is 0.324. The largest absolute Gasteiger partial charge is 0.418 e. The first-order valence-corrected chi connectivity index (χ1v) is 4.46. The van der Waals surface area contributed by atoms with Crippen molar-refractivity contribution in [1.82, 2.24) is 0 Å². The van der Waals surface area contributed by atoms with Gasteiger partial charge < -0.3 is 5.32 Å². The van der Waals surface area contributed by atoms with Crippen molar-refractivity contribution in [3.05, 3.63) is 28.2 Å². The van der Waals surface area contributed by atoms with E-state index in [1.807, 2.05) is 0 Å². The van der Waals surface area contributed by atoms with Crippen LogP contribution in [0.15, 0.2) is 17.3 Å². The van der Waals surface area contributed by atoms with Crippen LogP contribution in [0.1, 0.15) is 11.1 Å². The Morgan fingerprint density at radius 1 is 1.29 bits per heavy atom. The van der Waals surface area contributed by atoms with Crippen LogP contribution in [0.5, 0.6) is 0 Å². The van der Waals surface area contributed by atoms with Gasteiger partial charge in [0.05, 0.1) is 12.1 Å². The number of nitroso groups, excluding NO2 is 1. The number of anilines is 1. The lowest BCUT2D eigenvalue weighted by molar-refractivity contribution is -0.137. The lowest BCUT2D eigenvalue weighted by atomic mass is 10.0. The molecule has 0 radical (unpaired) electrons. The summed E-state index contributed by atoms with van der Waals surface area (Å²) < 4.78 is 63.8. The summed E-state index contributed by atoms with van der Waals surface area (Å²) in [5, 5.41) is 4.31. The third-order valence-electron chi connectivity index (χ3n) is 2.43. The lowest BCUT2D eigenvalue weighted by Gasteiger charge is -2.12. The average Bonchev–Trinajstić information content (AvgIpc) is 2.52. The van der Waals surface area contributed by atoms with Crippen molar-refractivity contribution in [1.29, 1.82) is 0 Å². The van der Waals surface area contributed by atoms with Gasteiger partial charge >= 0.3 is 6.18 Å². The molecule has 1 aliphatic heterocycles. The summed E-state index contributed by atoms with van der Waals surface area (Å²) in [7, 11) is 0. The molecule has 0 saturated heterocycles. The maximum absolute atomic E-state index is 13.2. The zero-order valence-electron chi connectivity index (χ0n) is 8.11. The van der Waals surface area contributed by atoms with Crippen LogP contribution in [-0.2, 0) is 12.1 Å². The summed E-state index contributed by atoms with van der Waals surface area (Å²) in [6, 6.07) is 0.956. The number of hydrogen-bond acceptors (Lipinski definition) is 3. The maximum Gasteiger partial charge on any atom is 0.418 e. The molecule has 17 heavy (non-hydrogen) atoms. The Hall–Kier alpha value is -1.73. The van der Waals surface area contributed by atoms with Gasteiger partial charge in [-0.2, -0.15) is 22.0 Å². The number of hydrogen-bond donors (Lipinski definition) is 1. The van der Waals surface area contributed by atoms with Gasteiger partial charge in [-0.15, -0.1) is 4.91 Å². The Kier molecular flexibility index (Phi) is 2.33. The average molecular weight is 252 g/mol. The molecule has 1 aromatic carbocycles. The summed E-state index contributed by atoms with van der Waals surface area (Å²) in [5.41, 5.74) is -3.31. The Morgan fingerprint density at radius 3 is 2.47 bits per heavy atom. The molecule has 1 aliphatic rings.